The monoisotopic (exact) mass is 382 g/mol. The number of rotatable bonds is 3. The van der Waals surface area contributed by atoms with Crippen LogP contribution in [0.25, 0.3) is 0 Å². The predicted molar refractivity (Wildman–Crippen MR) is 102 cm³/mol. The molecule has 1 aliphatic heterocycles. The van der Waals surface area contributed by atoms with Gasteiger partial charge in [0.15, 0.2) is 5.72 Å². The van der Waals surface area contributed by atoms with Crippen LogP contribution in [0.3, 0.4) is 0 Å². The fourth-order valence-corrected chi connectivity index (χ4v) is 5.64. The lowest BCUT2D eigenvalue weighted by molar-refractivity contribution is -0.146. The molecule has 2 amide bonds. The highest BCUT2D eigenvalue weighted by atomic mass is 32.1. The summed E-state index contributed by atoms with van der Waals surface area (Å²) >= 11 is 1.66. The number of benzene rings is 1. The van der Waals surface area contributed by atoms with Gasteiger partial charge in [-0.25, -0.2) is 0 Å². The van der Waals surface area contributed by atoms with Gasteiger partial charge in [-0.05, 0) is 48.8 Å². The van der Waals surface area contributed by atoms with Crippen molar-refractivity contribution in [2.45, 2.75) is 38.0 Å². The van der Waals surface area contributed by atoms with E-state index in [1.807, 2.05) is 35.7 Å². The number of thiophene rings is 1. The van der Waals surface area contributed by atoms with Gasteiger partial charge in [0.05, 0.1) is 12.1 Å². The Morgan fingerprint density at radius 3 is 2.93 bits per heavy atom. The number of hydrogen-bond donors (Lipinski definition) is 2. The van der Waals surface area contributed by atoms with Crippen molar-refractivity contribution < 1.29 is 14.3 Å². The normalized spacial score (nSPS) is 31.1. The van der Waals surface area contributed by atoms with Crippen LogP contribution in [-0.4, -0.2) is 17.5 Å². The van der Waals surface area contributed by atoms with E-state index in [1.54, 1.807) is 17.4 Å². The highest BCUT2D eigenvalue weighted by molar-refractivity contribution is 7.09. The van der Waals surface area contributed by atoms with Crippen molar-refractivity contribution in [3.05, 3.63) is 52.2 Å². The Morgan fingerprint density at radius 1 is 1.26 bits per heavy atom. The first-order chi connectivity index (χ1) is 13.1. The summed E-state index contributed by atoms with van der Waals surface area (Å²) in [5.74, 6) is 1.14. The van der Waals surface area contributed by atoms with Crippen LogP contribution >= 0.6 is 11.3 Å². The predicted octanol–water partition coefficient (Wildman–Crippen LogP) is 3.32. The van der Waals surface area contributed by atoms with Crippen molar-refractivity contribution in [2.75, 3.05) is 0 Å². The summed E-state index contributed by atoms with van der Waals surface area (Å²) in [5.41, 5.74) is -0.0615. The number of ether oxygens (including phenoxy) is 1. The van der Waals surface area contributed by atoms with E-state index in [9.17, 15) is 9.59 Å². The van der Waals surface area contributed by atoms with Gasteiger partial charge in [0.25, 0.3) is 5.91 Å². The van der Waals surface area contributed by atoms with Crippen molar-refractivity contribution in [2.24, 2.45) is 17.8 Å². The first-order valence-electron chi connectivity index (χ1n) is 9.55. The topological polar surface area (TPSA) is 67.4 Å². The Balaban J connectivity index is 1.32. The number of amides is 2. The summed E-state index contributed by atoms with van der Waals surface area (Å²) in [4.78, 5) is 26.6. The zero-order valence-corrected chi connectivity index (χ0v) is 15.8. The lowest BCUT2D eigenvalue weighted by atomic mass is 9.60. The number of carbonyl (C=O) groups is 2. The van der Waals surface area contributed by atoms with Gasteiger partial charge < -0.3 is 15.4 Å². The number of nitrogens with one attached hydrogen (secondary N) is 2. The average Bonchev–Trinajstić information content (AvgIpc) is 3.20. The molecule has 3 saturated carbocycles. The van der Waals surface area contributed by atoms with Crippen molar-refractivity contribution >= 4 is 23.2 Å². The molecule has 6 heteroatoms. The third-order valence-corrected chi connectivity index (χ3v) is 7.20. The molecule has 4 aliphatic rings. The Hall–Kier alpha value is -2.34. The quantitative estimate of drug-likeness (QED) is 0.856. The first-order valence-corrected chi connectivity index (χ1v) is 10.4. The average molecular weight is 382 g/mol. The van der Waals surface area contributed by atoms with E-state index in [2.05, 4.69) is 10.6 Å². The maximum atomic E-state index is 12.8. The molecule has 3 fully saturated rings. The highest BCUT2D eigenvalue weighted by Gasteiger charge is 2.57. The van der Waals surface area contributed by atoms with Gasteiger partial charge in [-0.1, -0.05) is 18.2 Å². The summed E-state index contributed by atoms with van der Waals surface area (Å²) in [7, 11) is 0. The third-order valence-electron chi connectivity index (χ3n) is 6.32. The van der Waals surface area contributed by atoms with E-state index in [1.165, 1.54) is 4.88 Å². The van der Waals surface area contributed by atoms with E-state index >= 15 is 0 Å². The fraction of sp³-hybridized carbons (Fsp3) is 0.429. The maximum Gasteiger partial charge on any atom is 0.258 e. The second kappa shape index (κ2) is 6.37. The largest absolute Gasteiger partial charge is 0.467 e. The summed E-state index contributed by atoms with van der Waals surface area (Å²) in [6.45, 7) is 0.593. The number of hydrogen-bond acceptors (Lipinski definition) is 4. The molecule has 1 spiro atoms. The zero-order valence-electron chi connectivity index (χ0n) is 14.9. The lowest BCUT2D eigenvalue weighted by Crippen LogP contribution is -2.66. The van der Waals surface area contributed by atoms with Crippen LogP contribution in [0.2, 0.25) is 0 Å². The van der Waals surface area contributed by atoms with E-state index in [4.69, 9.17) is 4.74 Å². The molecule has 2 N–H and O–H groups in total. The molecule has 3 aliphatic carbocycles. The van der Waals surface area contributed by atoms with Crippen molar-refractivity contribution in [3.63, 3.8) is 0 Å². The lowest BCUT2D eigenvalue weighted by Gasteiger charge is -2.55. The van der Waals surface area contributed by atoms with Gasteiger partial charge >= 0.3 is 0 Å². The van der Waals surface area contributed by atoms with Crippen molar-refractivity contribution in [1.29, 1.82) is 0 Å². The van der Waals surface area contributed by atoms with E-state index in [0.717, 1.165) is 19.3 Å². The Morgan fingerprint density at radius 2 is 2.15 bits per heavy atom. The van der Waals surface area contributed by atoms with Crippen LogP contribution in [0, 0.1) is 17.8 Å². The standard InChI is InChI=1S/C21H22N2O3S/c24-19(22-12-15-4-3-9-27-15)17-10-14-8-7-13(17)11-21(14)23-20(25)16-5-1-2-6-18(16)26-21/h1-6,9,13-14,17H,7-8,10-12H2,(H,22,24)(H,23,25)/t13-,14+,17-,21+/m0/s1. The Kier molecular flexibility index (Phi) is 3.97. The van der Waals surface area contributed by atoms with Crippen LogP contribution in [0.4, 0.5) is 0 Å². The molecule has 1 aromatic carbocycles. The summed E-state index contributed by atoms with van der Waals surface area (Å²) in [6.07, 6.45) is 3.48. The first kappa shape index (κ1) is 16.8. The minimum Gasteiger partial charge on any atom is -0.467 e. The maximum absolute atomic E-state index is 12.8. The summed E-state index contributed by atoms with van der Waals surface area (Å²) in [5, 5.41) is 8.26. The molecule has 140 valence electrons. The SMILES string of the molecule is O=C1N[C@]2(C[C@@H]3CC[C@@H]2C[C@@H]3C(=O)NCc2cccs2)Oc2ccccc21. The molecule has 5 nitrogen and oxygen atoms in total. The zero-order chi connectivity index (χ0) is 18.4. The molecule has 1 aromatic heterocycles. The molecule has 0 unspecified atom stereocenters. The molecular weight excluding hydrogens is 360 g/mol. The molecule has 27 heavy (non-hydrogen) atoms. The second-order valence-corrected chi connectivity index (χ2v) is 8.85. The van der Waals surface area contributed by atoms with E-state index in [-0.39, 0.29) is 29.6 Å². The summed E-state index contributed by atoms with van der Waals surface area (Å²) < 4.78 is 6.35. The van der Waals surface area contributed by atoms with Gasteiger partial charge in [0.1, 0.15) is 5.75 Å². The number of carbonyl (C=O) groups excluding carboxylic acids is 2. The second-order valence-electron chi connectivity index (χ2n) is 7.82. The van der Waals surface area contributed by atoms with Crippen molar-refractivity contribution in [3.8, 4) is 5.75 Å². The minimum atomic E-state index is -0.654. The molecule has 6 rings (SSSR count). The van der Waals surface area contributed by atoms with Crippen LogP contribution in [0.1, 0.15) is 40.9 Å². The molecule has 0 saturated heterocycles. The number of fused-ring (bicyclic) bond motifs is 3. The smallest absolute Gasteiger partial charge is 0.258 e. The minimum absolute atomic E-state index is 0.00649. The van der Waals surface area contributed by atoms with Gasteiger partial charge in [-0.15, -0.1) is 11.3 Å². The van der Waals surface area contributed by atoms with E-state index in [0.29, 0.717) is 24.3 Å². The Labute approximate surface area is 162 Å². The van der Waals surface area contributed by atoms with E-state index < -0.39 is 5.72 Å². The van der Waals surface area contributed by atoms with Crippen LogP contribution in [-0.2, 0) is 11.3 Å². The molecular formula is C21H22N2O3S. The summed E-state index contributed by atoms with van der Waals surface area (Å²) in [6, 6.07) is 11.4. The van der Waals surface area contributed by atoms with Crippen molar-refractivity contribution in [1.82, 2.24) is 10.6 Å². The van der Waals surface area contributed by atoms with Crippen LogP contribution in [0.15, 0.2) is 41.8 Å². The molecule has 2 bridgehead atoms. The van der Waals surface area contributed by atoms with Gasteiger partial charge in [0.2, 0.25) is 5.91 Å². The molecule has 2 aromatic rings. The van der Waals surface area contributed by atoms with Crippen LogP contribution < -0.4 is 15.4 Å². The molecule has 4 atom stereocenters. The van der Waals surface area contributed by atoms with Gasteiger partial charge in [-0.2, -0.15) is 0 Å². The Bertz CT molecular complexity index is 881. The highest BCUT2D eigenvalue weighted by Crippen LogP contribution is 2.52. The number of para-hydroxylation sites is 1. The molecule has 0 radical (unpaired) electrons. The van der Waals surface area contributed by atoms with Gasteiger partial charge in [-0.3, -0.25) is 9.59 Å². The molecule has 2 heterocycles. The van der Waals surface area contributed by atoms with Gasteiger partial charge in [0, 0.05) is 23.1 Å². The van der Waals surface area contributed by atoms with Crippen LogP contribution in [0.5, 0.6) is 5.75 Å². The fourth-order valence-electron chi connectivity index (χ4n) is 5.00. The third kappa shape index (κ3) is 2.83.